The van der Waals surface area contributed by atoms with Crippen LogP contribution in [-0.2, 0) is 9.53 Å². The Labute approximate surface area is 179 Å². The molecule has 0 bridgehead atoms. The number of fused-ring (bicyclic) bond motifs is 1. The van der Waals surface area contributed by atoms with E-state index in [1.165, 1.54) is 11.8 Å². The Bertz CT molecular complexity index is 1040. The largest absolute Gasteiger partial charge is 0.485 e. The predicted octanol–water partition coefficient (Wildman–Crippen LogP) is 3.96. The molecule has 0 radical (unpaired) electrons. The molecule has 8 heteroatoms. The SMILES string of the molecule is CN1C(=C=O)Sc2cc(-c3cncc(OC4CN(C(=O)OC(C)(C)C)C4)c3)ccc21. The van der Waals surface area contributed by atoms with Gasteiger partial charge in [0.25, 0.3) is 0 Å². The van der Waals surface area contributed by atoms with E-state index in [9.17, 15) is 9.59 Å². The zero-order valence-corrected chi connectivity index (χ0v) is 18.2. The molecule has 1 aromatic carbocycles. The Kier molecular flexibility index (Phi) is 5.22. The second-order valence-corrected chi connectivity index (χ2v) is 9.32. The lowest BCUT2D eigenvalue weighted by Crippen LogP contribution is -2.57. The second kappa shape index (κ2) is 7.70. The molecule has 4 rings (SSSR count). The number of anilines is 1. The number of carbonyl (C=O) groups is 1. The molecule has 1 aromatic heterocycles. The van der Waals surface area contributed by atoms with Gasteiger partial charge in [-0.1, -0.05) is 17.8 Å². The van der Waals surface area contributed by atoms with E-state index >= 15 is 0 Å². The first-order valence-electron chi connectivity index (χ1n) is 9.64. The highest BCUT2D eigenvalue weighted by Gasteiger charge is 2.35. The van der Waals surface area contributed by atoms with Crippen molar-refractivity contribution in [3.8, 4) is 16.9 Å². The van der Waals surface area contributed by atoms with Gasteiger partial charge in [0.1, 0.15) is 17.5 Å². The Balaban J connectivity index is 1.42. The molecule has 1 amide bonds. The molecule has 1 fully saturated rings. The minimum atomic E-state index is -0.507. The molecule has 0 saturated carbocycles. The van der Waals surface area contributed by atoms with Crippen LogP contribution in [0.1, 0.15) is 20.8 Å². The predicted molar refractivity (Wildman–Crippen MR) is 115 cm³/mol. The fourth-order valence-electron chi connectivity index (χ4n) is 3.25. The van der Waals surface area contributed by atoms with Crippen LogP contribution in [0.4, 0.5) is 10.5 Å². The molecule has 7 nitrogen and oxygen atoms in total. The van der Waals surface area contributed by atoms with Gasteiger partial charge < -0.3 is 19.3 Å². The van der Waals surface area contributed by atoms with Crippen LogP contribution in [0.25, 0.3) is 11.1 Å². The zero-order chi connectivity index (χ0) is 21.5. The minimum Gasteiger partial charge on any atom is -0.485 e. The lowest BCUT2D eigenvalue weighted by atomic mass is 10.1. The monoisotopic (exact) mass is 425 g/mol. The zero-order valence-electron chi connectivity index (χ0n) is 17.3. The van der Waals surface area contributed by atoms with Crippen molar-refractivity contribution in [3.63, 3.8) is 0 Å². The lowest BCUT2D eigenvalue weighted by Gasteiger charge is -2.39. The number of amides is 1. The molecule has 2 aromatic rings. The van der Waals surface area contributed by atoms with Crippen LogP contribution in [0.2, 0.25) is 0 Å². The molecule has 1 saturated heterocycles. The van der Waals surface area contributed by atoms with Crippen molar-refractivity contribution in [3.05, 3.63) is 41.7 Å². The number of hydrogen-bond acceptors (Lipinski definition) is 7. The van der Waals surface area contributed by atoms with E-state index < -0.39 is 5.60 Å². The molecule has 0 N–H and O–H groups in total. The van der Waals surface area contributed by atoms with Crippen LogP contribution < -0.4 is 9.64 Å². The summed E-state index contributed by atoms with van der Waals surface area (Å²) >= 11 is 1.41. The van der Waals surface area contributed by atoms with Gasteiger partial charge in [-0.05, 0) is 44.5 Å². The van der Waals surface area contributed by atoms with Crippen LogP contribution in [0.5, 0.6) is 5.75 Å². The Morgan fingerprint density at radius 1 is 1.20 bits per heavy atom. The Morgan fingerprint density at radius 2 is 1.97 bits per heavy atom. The number of carbonyl (C=O) groups excluding carboxylic acids is 2. The summed E-state index contributed by atoms with van der Waals surface area (Å²) in [5, 5.41) is 0.553. The van der Waals surface area contributed by atoms with Crippen LogP contribution in [0.15, 0.2) is 46.6 Å². The molecule has 156 valence electrons. The molecule has 30 heavy (non-hydrogen) atoms. The number of nitrogens with zero attached hydrogens (tertiary/aromatic N) is 3. The van der Waals surface area contributed by atoms with E-state index in [-0.39, 0.29) is 12.2 Å². The average Bonchev–Trinajstić information content (AvgIpc) is 2.98. The summed E-state index contributed by atoms with van der Waals surface area (Å²) in [7, 11) is 1.86. The molecule has 2 aliphatic heterocycles. The van der Waals surface area contributed by atoms with Gasteiger partial charge in [0, 0.05) is 23.7 Å². The van der Waals surface area contributed by atoms with Crippen molar-refractivity contribution in [2.75, 3.05) is 25.0 Å². The number of likely N-dealkylation sites (tertiary alicyclic amines) is 1. The maximum absolute atomic E-state index is 12.0. The fraction of sp³-hybridized carbons (Fsp3) is 0.364. The number of pyridine rings is 1. The number of hydrogen-bond donors (Lipinski definition) is 0. The second-order valence-electron chi connectivity index (χ2n) is 8.29. The highest BCUT2D eigenvalue weighted by atomic mass is 32.2. The Morgan fingerprint density at radius 3 is 2.67 bits per heavy atom. The first-order chi connectivity index (χ1) is 14.2. The number of benzene rings is 1. The van der Waals surface area contributed by atoms with Crippen molar-refractivity contribution in [2.45, 2.75) is 37.4 Å². The summed E-state index contributed by atoms with van der Waals surface area (Å²) in [5.74, 6) is 2.63. The number of ether oxygens (including phenoxy) is 2. The van der Waals surface area contributed by atoms with Gasteiger partial charge in [-0.3, -0.25) is 4.98 Å². The van der Waals surface area contributed by atoms with E-state index in [1.807, 2.05) is 62.9 Å². The molecule has 0 spiro atoms. The third-order valence-electron chi connectivity index (χ3n) is 4.77. The van der Waals surface area contributed by atoms with Gasteiger partial charge >= 0.3 is 6.09 Å². The van der Waals surface area contributed by atoms with Gasteiger partial charge in [-0.2, -0.15) is 0 Å². The van der Waals surface area contributed by atoms with Crippen molar-refractivity contribution < 1.29 is 19.1 Å². The van der Waals surface area contributed by atoms with Crippen LogP contribution >= 0.6 is 11.8 Å². The summed E-state index contributed by atoms with van der Waals surface area (Å²) in [6.45, 7) is 6.52. The fourth-order valence-corrected chi connectivity index (χ4v) is 4.23. The van der Waals surface area contributed by atoms with Crippen molar-refractivity contribution in [1.82, 2.24) is 9.88 Å². The van der Waals surface area contributed by atoms with Gasteiger partial charge in [0.2, 0.25) is 0 Å². The average molecular weight is 426 g/mol. The first kappa shape index (κ1) is 20.3. The lowest BCUT2D eigenvalue weighted by molar-refractivity contribution is -0.0222. The van der Waals surface area contributed by atoms with Crippen molar-refractivity contribution >= 4 is 29.5 Å². The smallest absolute Gasteiger partial charge is 0.410 e. The summed E-state index contributed by atoms with van der Waals surface area (Å²) in [6, 6.07) is 7.96. The quantitative estimate of drug-likeness (QED) is 0.689. The third kappa shape index (κ3) is 4.15. The molecule has 2 aliphatic rings. The number of thioether (sulfide) groups is 1. The first-order valence-corrected chi connectivity index (χ1v) is 10.5. The van der Waals surface area contributed by atoms with Gasteiger partial charge in [-0.15, -0.1) is 0 Å². The summed E-state index contributed by atoms with van der Waals surface area (Å²) in [5.41, 5.74) is 2.39. The maximum atomic E-state index is 12.0. The number of rotatable bonds is 3. The Hall–Kier alpha value is -2.96. The minimum absolute atomic E-state index is 0.0842. The number of aromatic nitrogens is 1. The van der Waals surface area contributed by atoms with Crippen molar-refractivity contribution in [2.24, 2.45) is 0 Å². The highest BCUT2D eigenvalue weighted by molar-refractivity contribution is 8.04. The summed E-state index contributed by atoms with van der Waals surface area (Å²) < 4.78 is 11.4. The van der Waals surface area contributed by atoms with E-state index in [1.54, 1.807) is 17.3 Å². The normalized spacial score (nSPS) is 16.1. The van der Waals surface area contributed by atoms with Gasteiger partial charge in [-0.25, -0.2) is 9.59 Å². The van der Waals surface area contributed by atoms with E-state index in [4.69, 9.17) is 9.47 Å². The van der Waals surface area contributed by atoms with E-state index in [0.29, 0.717) is 23.9 Å². The third-order valence-corrected chi connectivity index (χ3v) is 5.87. The topological polar surface area (TPSA) is 72.0 Å². The summed E-state index contributed by atoms with van der Waals surface area (Å²) in [6.07, 6.45) is 3.04. The molecular formula is C22H23N3O4S. The molecule has 0 atom stereocenters. The highest BCUT2D eigenvalue weighted by Crippen LogP contribution is 2.45. The molecule has 0 aliphatic carbocycles. The van der Waals surface area contributed by atoms with Crippen molar-refractivity contribution in [1.29, 1.82) is 0 Å². The van der Waals surface area contributed by atoms with Crippen LogP contribution in [-0.4, -0.2) is 53.8 Å². The van der Waals surface area contributed by atoms with Gasteiger partial charge in [0.15, 0.2) is 11.0 Å². The molecule has 3 heterocycles. The standard InChI is InChI=1S/C22H23N3O4S/c1-22(2,3)29-21(27)25-11-17(12-25)28-16-7-15(9-23-10-16)14-5-6-18-19(8-14)30-20(13-26)24(18)4/h5-10,17H,11-12H2,1-4H3. The maximum Gasteiger partial charge on any atom is 0.410 e. The molecular weight excluding hydrogens is 402 g/mol. The molecule has 0 unspecified atom stereocenters. The summed E-state index contributed by atoms with van der Waals surface area (Å²) in [4.78, 5) is 31.9. The van der Waals surface area contributed by atoms with Gasteiger partial charge in [0.05, 0.1) is 25.0 Å². The van der Waals surface area contributed by atoms with Crippen LogP contribution in [0, 0.1) is 0 Å². The van der Waals surface area contributed by atoms with Crippen LogP contribution in [0.3, 0.4) is 0 Å². The van der Waals surface area contributed by atoms with E-state index in [2.05, 4.69) is 4.98 Å². The van der Waals surface area contributed by atoms with E-state index in [0.717, 1.165) is 21.7 Å².